The van der Waals surface area contributed by atoms with Gasteiger partial charge >= 0.3 is 13.8 Å². The van der Waals surface area contributed by atoms with E-state index in [1.165, 1.54) is 199 Å². The van der Waals surface area contributed by atoms with E-state index in [-0.39, 0.29) is 25.1 Å². The van der Waals surface area contributed by atoms with E-state index in [2.05, 4.69) is 62.5 Å². The Morgan fingerprint density at radius 3 is 1.21 bits per heavy atom. The van der Waals surface area contributed by atoms with Gasteiger partial charge in [0.05, 0.1) is 33.8 Å². The molecule has 0 aromatic rings. The molecule has 77 heavy (non-hydrogen) atoms. The molecule has 0 saturated heterocycles. The topological polar surface area (TPSA) is 111 Å². The molecule has 0 aromatic heterocycles. The minimum atomic E-state index is -4.46. The average Bonchev–Trinajstić information content (AvgIpc) is 3.39. The molecule has 9 nitrogen and oxygen atoms in total. The highest BCUT2D eigenvalue weighted by atomic mass is 31.2. The molecule has 10 heteroatoms. The number of esters is 1. The van der Waals surface area contributed by atoms with Gasteiger partial charge in [0.25, 0.3) is 0 Å². The summed E-state index contributed by atoms with van der Waals surface area (Å²) < 4.78 is 30.7. The summed E-state index contributed by atoms with van der Waals surface area (Å²) in [6.07, 6.45) is 71.1. The van der Waals surface area contributed by atoms with Crippen LogP contribution in [0.25, 0.3) is 0 Å². The van der Waals surface area contributed by atoms with Crippen molar-refractivity contribution in [1.29, 1.82) is 0 Å². The number of hydrogen-bond donors (Lipinski definition) is 2. The zero-order valence-corrected chi connectivity index (χ0v) is 52.6. The standard InChI is InChI=1S/C67H127N2O7P/c1-7-10-13-16-19-22-25-28-30-32-33-34-35-37-39-42-45-48-51-54-57-60-67(71)76-65(58-55-52-49-46-43-40-27-24-21-18-15-12-9-3)64(63-75-77(72,73)74-62-61-69(4,5)6)68-66(70)59-56-53-50-47-44-41-38-36-31-29-26-23-20-17-14-11-8-2/h20,23,29,31,38,41,55,58,64-65H,7-19,21-22,24-28,30,32-37,39-40,42-54,56-57,59-63H2,1-6H3,(H-,68,70,72,73)/p+1/b23-20-,31-29-,41-38-,58-55+. The first-order valence-electron chi connectivity index (χ1n) is 33.0. The quantitative estimate of drug-likeness (QED) is 0.0205. The van der Waals surface area contributed by atoms with Crippen LogP contribution in [0, 0.1) is 0 Å². The van der Waals surface area contributed by atoms with E-state index in [0.29, 0.717) is 23.9 Å². The first-order chi connectivity index (χ1) is 37.4. The van der Waals surface area contributed by atoms with Crippen LogP contribution in [-0.4, -0.2) is 74.3 Å². The minimum Gasteiger partial charge on any atom is -0.456 e. The van der Waals surface area contributed by atoms with Gasteiger partial charge in [0.2, 0.25) is 5.91 Å². The Bertz CT molecular complexity index is 1460. The molecular formula is C67H128N2O7P+. The zero-order chi connectivity index (χ0) is 56.4. The fraction of sp³-hybridized carbons (Fsp3) is 0.851. The number of phosphoric ester groups is 1. The molecule has 0 radical (unpaired) electrons. The van der Waals surface area contributed by atoms with E-state index in [0.717, 1.165) is 83.5 Å². The summed E-state index contributed by atoms with van der Waals surface area (Å²) in [7, 11) is 1.49. The molecule has 0 saturated carbocycles. The van der Waals surface area contributed by atoms with Gasteiger partial charge in [-0.3, -0.25) is 18.6 Å². The smallest absolute Gasteiger partial charge is 0.456 e. The number of phosphoric acid groups is 1. The zero-order valence-electron chi connectivity index (χ0n) is 51.7. The Morgan fingerprint density at radius 1 is 0.455 bits per heavy atom. The highest BCUT2D eigenvalue weighted by molar-refractivity contribution is 7.47. The largest absolute Gasteiger partial charge is 0.472 e. The molecule has 0 fully saturated rings. The van der Waals surface area contributed by atoms with E-state index in [1.807, 2.05) is 33.3 Å². The Hall–Kier alpha value is -2.03. The van der Waals surface area contributed by atoms with Crippen LogP contribution in [0.3, 0.4) is 0 Å². The molecule has 1 amide bonds. The number of carbonyl (C=O) groups is 2. The average molecular weight is 1100 g/mol. The van der Waals surface area contributed by atoms with Crippen LogP contribution in [0.2, 0.25) is 0 Å². The van der Waals surface area contributed by atoms with Crippen LogP contribution in [0.4, 0.5) is 0 Å². The maximum absolute atomic E-state index is 13.6. The Kier molecular flexibility index (Phi) is 55.7. The Morgan fingerprint density at radius 2 is 0.792 bits per heavy atom. The number of nitrogens with zero attached hydrogens (tertiary/aromatic N) is 1. The van der Waals surface area contributed by atoms with Crippen LogP contribution < -0.4 is 5.32 Å². The SMILES string of the molecule is CCCCC/C=C\C/C=C\C/C=C\CCCCCCC(=O)NC(COP(=O)(O)OCC[N+](C)(C)C)C(/C=C/CCCCCCCCCCCCC)OC(=O)CCCCCCCCCCCCCCCCCCCCCCC. The summed E-state index contributed by atoms with van der Waals surface area (Å²) in [5, 5.41) is 3.05. The monoisotopic (exact) mass is 1100 g/mol. The van der Waals surface area contributed by atoms with E-state index >= 15 is 0 Å². The maximum Gasteiger partial charge on any atom is 0.472 e. The van der Waals surface area contributed by atoms with Gasteiger partial charge in [-0.05, 0) is 70.3 Å². The van der Waals surface area contributed by atoms with Crippen molar-refractivity contribution in [2.24, 2.45) is 0 Å². The molecule has 0 heterocycles. The molecule has 0 bridgehead atoms. The molecule has 0 aliphatic rings. The molecule has 0 rings (SSSR count). The number of likely N-dealkylation sites (N-methyl/N-ethyl adjacent to an activating group) is 1. The second-order valence-electron chi connectivity index (χ2n) is 23.6. The normalized spacial score (nSPS) is 13.9. The van der Waals surface area contributed by atoms with Crippen molar-refractivity contribution in [2.75, 3.05) is 40.9 Å². The molecule has 0 aliphatic heterocycles. The molecule has 3 atom stereocenters. The van der Waals surface area contributed by atoms with Crippen molar-refractivity contribution in [2.45, 2.75) is 328 Å². The van der Waals surface area contributed by atoms with Crippen molar-refractivity contribution in [1.82, 2.24) is 5.32 Å². The second kappa shape index (κ2) is 57.2. The first kappa shape index (κ1) is 75.0. The van der Waals surface area contributed by atoms with Crippen molar-refractivity contribution < 1.29 is 37.3 Å². The molecular weight excluding hydrogens is 976 g/mol. The van der Waals surface area contributed by atoms with Gasteiger partial charge in [0, 0.05) is 12.8 Å². The molecule has 0 spiro atoms. The van der Waals surface area contributed by atoms with Crippen molar-refractivity contribution in [3.63, 3.8) is 0 Å². The van der Waals surface area contributed by atoms with Crippen LogP contribution >= 0.6 is 7.82 Å². The summed E-state index contributed by atoms with van der Waals surface area (Å²) in [5.41, 5.74) is 0. The predicted molar refractivity (Wildman–Crippen MR) is 332 cm³/mol. The summed E-state index contributed by atoms with van der Waals surface area (Å²) in [4.78, 5) is 37.8. The van der Waals surface area contributed by atoms with Gasteiger partial charge in [0.1, 0.15) is 19.3 Å². The van der Waals surface area contributed by atoms with Gasteiger partial charge in [-0.15, -0.1) is 0 Å². The number of allylic oxidation sites excluding steroid dienone is 7. The number of rotatable bonds is 60. The van der Waals surface area contributed by atoms with Crippen molar-refractivity contribution in [3.8, 4) is 0 Å². The van der Waals surface area contributed by atoms with Crippen molar-refractivity contribution >= 4 is 19.7 Å². The van der Waals surface area contributed by atoms with Crippen LogP contribution in [0.1, 0.15) is 316 Å². The predicted octanol–water partition coefficient (Wildman–Crippen LogP) is 20.5. The number of ether oxygens (including phenoxy) is 1. The van der Waals surface area contributed by atoms with Gasteiger partial charge < -0.3 is 19.4 Å². The van der Waals surface area contributed by atoms with E-state index in [4.69, 9.17) is 13.8 Å². The second-order valence-corrected chi connectivity index (χ2v) is 25.1. The number of nitrogens with one attached hydrogen (secondary N) is 1. The summed E-state index contributed by atoms with van der Waals surface area (Å²) in [6, 6.07) is -0.858. The van der Waals surface area contributed by atoms with E-state index in [9.17, 15) is 19.0 Å². The fourth-order valence-electron chi connectivity index (χ4n) is 9.65. The lowest BCUT2D eigenvalue weighted by Gasteiger charge is -2.27. The molecule has 0 aromatic carbocycles. The number of carbonyl (C=O) groups excluding carboxylic acids is 2. The molecule has 2 N–H and O–H groups in total. The number of amides is 1. The first-order valence-corrected chi connectivity index (χ1v) is 34.5. The highest BCUT2D eigenvalue weighted by Gasteiger charge is 2.30. The summed E-state index contributed by atoms with van der Waals surface area (Å²) >= 11 is 0. The van der Waals surface area contributed by atoms with Gasteiger partial charge in [0.15, 0.2) is 0 Å². The van der Waals surface area contributed by atoms with Crippen molar-refractivity contribution in [3.05, 3.63) is 48.6 Å². The molecule has 3 unspecified atom stereocenters. The van der Waals surface area contributed by atoms with Crippen LogP contribution in [0.15, 0.2) is 48.6 Å². The van der Waals surface area contributed by atoms with Gasteiger partial charge in [-0.1, -0.05) is 282 Å². The number of unbranched alkanes of at least 4 members (excludes halogenated alkanes) is 38. The third-order valence-electron chi connectivity index (χ3n) is 14.8. The van der Waals surface area contributed by atoms with E-state index in [1.54, 1.807) is 0 Å². The Labute approximate surface area is 478 Å². The Balaban J connectivity index is 5.22. The summed E-state index contributed by atoms with van der Waals surface area (Å²) in [6.45, 7) is 7.01. The summed E-state index contributed by atoms with van der Waals surface area (Å²) in [5.74, 6) is -0.517. The lowest BCUT2D eigenvalue weighted by atomic mass is 10.0. The highest BCUT2D eigenvalue weighted by Crippen LogP contribution is 2.43. The molecule has 452 valence electrons. The lowest BCUT2D eigenvalue weighted by Crippen LogP contribution is -2.47. The van der Waals surface area contributed by atoms with E-state index < -0.39 is 20.0 Å². The number of hydrogen-bond acceptors (Lipinski definition) is 6. The minimum absolute atomic E-state index is 0.0368. The third kappa shape index (κ3) is 58.4. The van der Waals surface area contributed by atoms with Crippen LogP contribution in [-0.2, 0) is 27.9 Å². The van der Waals surface area contributed by atoms with Crippen LogP contribution in [0.5, 0.6) is 0 Å². The maximum atomic E-state index is 13.6. The molecule has 0 aliphatic carbocycles. The van der Waals surface area contributed by atoms with Gasteiger partial charge in [-0.25, -0.2) is 4.57 Å². The lowest BCUT2D eigenvalue weighted by molar-refractivity contribution is -0.870. The number of quaternary nitrogens is 1. The van der Waals surface area contributed by atoms with Gasteiger partial charge in [-0.2, -0.15) is 0 Å². The fourth-order valence-corrected chi connectivity index (χ4v) is 10.4. The third-order valence-corrected chi connectivity index (χ3v) is 15.8.